The van der Waals surface area contributed by atoms with Gasteiger partial charge in [-0.25, -0.2) is 0 Å². The normalized spacial score (nSPS) is 12.0. The minimum absolute atomic E-state index is 0.772. The second kappa shape index (κ2) is 4.70. The number of hydrogen-bond acceptors (Lipinski definition) is 1. The Kier molecular flexibility index (Phi) is 5.84. The molecular formula is C3H7Cl3STi. The van der Waals surface area contributed by atoms with Gasteiger partial charge in [-0.15, -0.1) is 0 Å². The van der Waals surface area contributed by atoms with E-state index >= 15 is 0 Å². The third-order valence-corrected chi connectivity index (χ3v) is 4.71. The molecule has 0 aromatic heterocycles. The average Bonchev–Trinajstić information content (AvgIpc) is 1.59. The molecule has 0 fully saturated rings. The van der Waals surface area contributed by atoms with E-state index in [0.29, 0.717) is 0 Å². The van der Waals surface area contributed by atoms with Crippen molar-refractivity contribution in [1.82, 2.24) is 0 Å². The third-order valence-electron chi connectivity index (χ3n) is 0.618. The fraction of sp³-hybridized carbons (Fsp3) is 1.00. The van der Waals surface area contributed by atoms with Crippen LogP contribution >= 0.6 is 40.5 Å². The van der Waals surface area contributed by atoms with Crippen LogP contribution in [0.15, 0.2) is 0 Å². The molecular weight excluding hydrogens is 222 g/mol. The van der Waals surface area contributed by atoms with Gasteiger partial charge in [-0.2, -0.15) is 0 Å². The van der Waals surface area contributed by atoms with Crippen molar-refractivity contribution in [3.8, 4) is 0 Å². The van der Waals surface area contributed by atoms with Crippen LogP contribution < -0.4 is 0 Å². The number of halogens is 3. The van der Waals surface area contributed by atoms with Gasteiger partial charge in [-0.1, -0.05) is 0 Å². The number of rotatable bonds is 3. The van der Waals surface area contributed by atoms with Crippen LogP contribution in [0.4, 0.5) is 0 Å². The maximum absolute atomic E-state index is 5.60. The van der Waals surface area contributed by atoms with Crippen LogP contribution in [0.1, 0.15) is 6.42 Å². The molecule has 0 aliphatic rings. The van der Waals surface area contributed by atoms with Crippen LogP contribution in [0.25, 0.3) is 0 Å². The zero-order valence-corrected chi connectivity index (χ0v) is 8.93. The molecule has 0 saturated carbocycles. The SMILES string of the molecule is SCC[CH2][Ti]([Cl])([Cl])[Cl]. The van der Waals surface area contributed by atoms with Crippen LogP contribution in [-0.2, 0) is 13.4 Å². The fourth-order valence-corrected chi connectivity index (χ4v) is 3.46. The van der Waals surface area contributed by atoms with Gasteiger partial charge in [0, 0.05) is 0 Å². The molecule has 0 aromatic carbocycles. The summed E-state index contributed by atoms with van der Waals surface area (Å²) < 4.78 is 0.772. The van der Waals surface area contributed by atoms with Crippen LogP contribution in [-0.4, -0.2) is 5.75 Å². The van der Waals surface area contributed by atoms with E-state index in [4.69, 9.17) is 27.9 Å². The summed E-state index contributed by atoms with van der Waals surface area (Å²) in [6.07, 6.45) is 0.930. The Morgan fingerprint density at radius 3 is 1.88 bits per heavy atom. The Morgan fingerprint density at radius 1 is 1.25 bits per heavy atom. The summed E-state index contributed by atoms with van der Waals surface area (Å²) in [5.74, 6) is 0.819. The van der Waals surface area contributed by atoms with Crippen molar-refractivity contribution < 1.29 is 13.4 Å². The summed E-state index contributed by atoms with van der Waals surface area (Å²) in [4.78, 5) is 0. The van der Waals surface area contributed by atoms with E-state index in [0.717, 1.165) is 16.9 Å². The van der Waals surface area contributed by atoms with Crippen LogP contribution in [0.2, 0.25) is 4.73 Å². The number of hydrogen-bond donors (Lipinski definition) is 1. The van der Waals surface area contributed by atoms with Gasteiger partial charge in [0.05, 0.1) is 0 Å². The molecule has 0 atom stereocenters. The van der Waals surface area contributed by atoms with Gasteiger partial charge in [0.2, 0.25) is 0 Å². The van der Waals surface area contributed by atoms with E-state index in [-0.39, 0.29) is 0 Å². The quantitative estimate of drug-likeness (QED) is 0.557. The van der Waals surface area contributed by atoms with Crippen LogP contribution in [0.5, 0.6) is 0 Å². The van der Waals surface area contributed by atoms with Gasteiger partial charge in [0.15, 0.2) is 0 Å². The van der Waals surface area contributed by atoms with Crippen molar-refractivity contribution in [3.05, 3.63) is 0 Å². The Bertz CT molecular complexity index is 62.0. The zero-order valence-electron chi connectivity index (χ0n) is 4.20. The second-order valence-corrected chi connectivity index (χ2v) is 15.0. The first kappa shape index (κ1) is 9.93. The van der Waals surface area contributed by atoms with Crippen molar-refractivity contribution in [3.63, 3.8) is 0 Å². The molecule has 0 saturated heterocycles. The van der Waals surface area contributed by atoms with Gasteiger partial charge in [-0.3, -0.25) is 0 Å². The van der Waals surface area contributed by atoms with Crippen LogP contribution in [0.3, 0.4) is 0 Å². The molecule has 0 N–H and O–H groups in total. The van der Waals surface area contributed by atoms with E-state index in [9.17, 15) is 0 Å². The Balaban J connectivity index is 3.11. The number of thiol groups is 1. The summed E-state index contributed by atoms with van der Waals surface area (Å²) in [5.41, 5.74) is 0. The molecule has 0 amide bonds. The summed E-state index contributed by atoms with van der Waals surface area (Å²) in [5, 5.41) is 0. The molecule has 0 aliphatic heterocycles. The summed E-state index contributed by atoms with van der Waals surface area (Å²) in [6.45, 7) is 0. The van der Waals surface area contributed by atoms with Crippen molar-refractivity contribution in [2.45, 2.75) is 11.1 Å². The molecule has 5 heteroatoms. The molecule has 0 radical (unpaired) electrons. The first-order chi connectivity index (χ1) is 3.56. The van der Waals surface area contributed by atoms with Crippen molar-refractivity contribution >= 4 is 40.5 Å². The molecule has 0 spiro atoms. The molecule has 0 heterocycles. The van der Waals surface area contributed by atoms with Crippen molar-refractivity contribution in [2.24, 2.45) is 0 Å². The topological polar surface area (TPSA) is 0 Å². The fourth-order valence-electron chi connectivity index (χ4n) is 0.280. The van der Waals surface area contributed by atoms with E-state index < -0.39 is 13.4 Å². The van der Waals surface area contributed by atoms with E-state index in [1.54, 1.807) is 0 Å². The molecule has 0 aliphatic carbocycles. The van der Waals surface area contributed by atoms with Crippen molar-refractivity contribution in [2.75, 3.05) is 5.75 Å². The van der Waals surface area contributed by atoms with E-state index in [1.807, 2.05) is 0 Å². The van der Waals surface area contributed by atoms with Gasteiger partial charge in [0.1, 0.15) is 0 Å². The molecule has 50 valence electrons. The Morgan fingerprint density at radius 2 is 1.75 bits per heavy atom. The predicted molar refractivity (Wildman–Crippen MR) is 40.8 cm³/mol. The summed E-state index contributed by atoms with van der Waals surface area (Å²) in [7, 11) is 16.8. The van der Waals surface area contributed by atoms with Gasteiger partial charge in [-0.05, 0) is 0 Å². The Labute approximate surface area is 70.3 Å². The monoisotopic (exact) mass is 228 g/mol. The summed E-state index contributed by atoms with van der Waals surface area (Å²) >= 11 is 1.25. The zero-order chi connectivity index (χ0) is 6.62. The standard InChI is InChI=1S/C3H7S.3ClH.Ti/c1-2-3-4;;;;/h4H,1-3H2;3*1H;/q;;;;+3/p-3. The molecule has 0 rings (SSSR count). The first-order valence-electron chi connectivity index (χ1n) is 2.24. The van der Waals surface area contributed by atoms with Gasteiger partial charge >= 0.3 is 70.8 Å². The van der Waals surface area contributed by atoms with Crippen molar-refractivity contribution in [1.29, 1.82) is 0 Å². The van der Waals surface area contributed by atoms with Crippen LogP contribution in [0, 0.1) is 0 Å². The van der Waals surface area contributed by atoms with Gasteiger partial charge in [0.25, 0.3) is 0 Å². The van der Waals surface area contributed by atoms with Gasteiger partial charge < -0.3 is 0 Å². The summed E-state index contributed by atoms with van der Waals surface area (Å²) in [6, 6.07) is 0. The maximum atomic E-state index is 5.60. The molecule has 0 aromatic rings. The molecule has 0 unspecified atom stereocenters. The average molecular weight is 229 g/mol. The van der Waals surface area contributed by atoms with E-state index in [2.05, 4.69) is 12.6 Å². The van der Waals surface area contributed by atoms with E-state index in [1.165, 1.54) is 0 Å². The second-order valence-electron chi connectivity index (χ2n) is 1.44. The predicted octanol–water partition coefficient (Wildman–Crippen LogP) is 3.34. The minimum atomic E-state index is -2.74. The molecule has 0 nitrogen and oxygen atoms in total. The molecule has 8 heavy (non-hydrogen) atoms. The Hall–Kier alpha value is 1.93. The first-order valence-corrected chi connectivity index (χ1v) is 10.4. The third kappa shape index (κ3) is 7.93. The molecule has 0 bridgehead atoms.